The predicted molar refractivity (Wildman–Crippen MR) is 183 cm³/mol. The fraction of sp³-hybridized carbons (Fsp3) is 0.257. The molecule has 1 atom stereocenters. The zero-order chi connectivity index (χ0) is 33.3. The number of nitrogens with one attached hydrogen (secondary N) is 1. The Morgan fingerprint density at radius 1 is 0.826 bits per heavy atom. The lowest BCUT2D eigenvalue weighted by Crippen LogP contribution is -2.53. The predicted octanol–water partition coefficient (Wildman–Crippen LogP) is 6.61. The summed E-state index contributed by atoms with van der Waals surface area (Å²) in [6.07, 6.45) is 0.204. The highest BCUT2D eigenvalue weighted by Crippen LogP contribution is 2.35. The molecular weight excluding hydrogens is 645 g/mol. The summed E-state index contributed by atoms with van der Waals surface area (Å²) in [5, 5.41) is 3.75. The topological polar surface area (TPSA) is 96.0 Å². The van der Waals surface area contributed by atoms with E-state index in [0.29, 0.717) is 17.1 Å². The molecule has 0 saturated carbocycles. The Labute approximate surface area is 280 Å². The minimum Gasteiger partial charge on any atom is -0.495 e. The van der Waals surface area contributed by atoms with Crippen LogP contribution in [0.15, 0.2) is 108 Å². The van der Waals surface area contributed by atoms with Crippen LogP contribution in [0.4, 0.5) is 5.69 Å². The first kappa shape index (κ1) is 34.8. The summed E-state index contributed by atoms with van der Waals surface area (Å²) in [5.41, 5.74) is 1.64. The normalized spacial score (nSPS) is 12.0. The van der Waals surface area contributed by atoms with Crippen LogP contribution in [0.3, 0.4) is 0 Å². The Kier molecular flexibility index (Phi) is 12.1. The van der Waals surface area contributed by atoms with E-state index in [1.54, 1.807) is 54.6 Å². The molecular formula is C35H37Cl2N3O5S. The van der Waals surface area contributed by atoms with E-state index in [1.807, 2.05) is 44.2 Å². The molecule has 0 bridgehead atoms. The standard InChI is InChI=1S/C35H37Cl2N3O5S/c1-25(2)22-38-35(42)32(20-26-10-6-4-7-11-26)39(23-27-14-16-28(36)17-15-27)34(41)24-40(31-21-29(37)18-19-33(31)45-3)46(43,44)30-12-8-5-9-13-30/h4-19,21,25,32H,20,22-24H2,1-3H3,(H,38,42)/t32-/m1/s1. The summed E-state index contributed by atoms with van der Waals surface area (Å²) in [5.74, 6) is -0.574. The highest BCUT2D eigenvalue weighted by Gasteiger charge is 2.35. The number of carbonyl (C=O) groups excluding carboxylic acids is 2. The molecule has 0 saturated heterocycles. The second kappa shape index (κ2) is 16.0. The molecule has 242 valence electrons. The number of rotatable bonds is 14. The molecule has 11 heteroatoms. The smallest absolute Gasteiger partial charge is 0.264 e. The highest BCUT2D eigenvalue weighted by atomic mass is 35.5. The third kappa shape index (κ3) is 9.02. The molecule has 0 aliphatic rings. The van der Waals surface area contributed by atoms with Gasteiger partial charge in [-0.2, -0.15) is 0 Å². The number of methoxy groups -OCH3 is 1. The minimum absolute atomic E-state index is 0.0223. The first-order valence-electron chi connectivity index (χ1n) is 14.8. The third-order valence-corrected chi connectivity index (χ3v) is 9.50. The maximum atomic E-state index is 14.6. The molecule has 1 N–H and O–H groups in total. The van der Waals surface area contributed by atoms with Gasteiger partial charge in [0.2, 0.25) is 11.8 Å². The lowest BCUT2D eigenvalue weighted by Gasteiger charge is -2.34. The molecule has 46 heavy (non-hydrogen) atoms. The molecule has 0 fully saturated rings. The summed E-state index contributed by atoms with van der Waals surface area (Å²) in [4.78, 5) is 29.8. The van der Waals surface area contributed by atoms with Crippen LogP contribution >= 0.6 is 23.2 Å². The molecule has 4 rings (SSSR count). The van der Waals surface area contributed by atoms with Gasteiger partial charge >= 0.3 is 0 Å². The molecule has 0 aliphatic heterocycles. The molecule has 4 aromatic rings. The lowest BCUT2D eigenvalue weighted by molar-refractivity contribution is -0.140. The number of anilines is 1. The molecule has 2 amide bonds. The van der Waals surface area contributed by atoms with Crippen LogP contribution in [0.2, 0.25) is 10.0 Å². The lowest BCUT2D eigenvalue weighted by atomic mass is 10.0. The average Bonchev–Trinajstić information content (AvgIpc) is 3.05. The fourth-order valence-electron chi connectivity index (χ4n) is 4.85. The Bertz CT molecular complexity index is 1720. The summed E-state index contributed by atoms with van der Waals surface area (Å²) < 4.78 is 34.9. The van der Waals surface area contributed by atoms with Crippen LogP contribution in [0.25, 0.3) is 0 Å². The number of ether oxygens (including phenoxy) is 1. The maximum absolute atomic E-state index is 14.6. The van der Waals surface area contributed by atoms with E-state index in [4.69, 9.17) is 27.9 Å². The third-order valence-electron chi connectivity index (χ3n) is 7.24. The van der Waals surface area contributed by atoms with E-state index in [9.17, 15) is 18.0 Å². The van der Waals surface area contributed by atoms with Crippen LogP contribution in [-0.4, -0.2) is 51.4 Å². The Hall–Kier alpha value is -4.05. The van der Waals surface area contributed by atoms with Crippen molar-refractivity contribution in [2.45, 2.75) is 37.8 Å². The number of halogens is 2. The van der Waals surface area contributed by atoms with Crippen molar-refractivity contribution in [1.29, 1.82) is 0 Å². The number of sulfonamides is 1. The van der Waals surface area contributed by atoms with E-state index >= 15 is 0 Å². The van der Waals surface area contributed by atoms with Gasteiger partial charge in [-0.05, 0) is 59.5 Å². The monoisotopic (exact) mass is 681 g/mol. The second-order valence-corrected chi connectivity index (χ2v) is 13.9. The Balaban J connectivity index is 1.83. The Morgan fingerprint density at radius 2 is 1.43 bits per heavy atom. The molecule has 0 heterocycles. The molecule has 0 unspecified atom stereocenters. The van der Waals surface area contributed by atoms with Crippen molar-refractivity contribution in [2.24, 2.45) is 5.92 Å². The van der Waals surface area contributed by atoms with Crippen molar-refractivity contribution in [3.63, 3.8) is 0 Å². The van der Waals surface area contributed by atoms with Crippen molar-refractivity contribution < 1.29 is 22.7 Å². The largest absolute Gasteiger partial charge is 0.495 e. The van der Waals surface area contributed by atoms with E-state index in [0.717, 1.165) is 9.87 Å². The summed E-state index contributed by atoms with van der Waals surface area (Å²) >= 11 is 12.5. The first-order valence-corrected chi connectivity index (χ1v) is 17.0. The Morgan fingerprint density at radius 3 is 2.04 bits per heavy atom. The number of hydrogen-bond donors (Lipinski definition) is 1. The van der Waals surface area contributed by atoms with Crippen molar-refractivity contribution in [2.75, 3.05) is 24.5 Å². The maximum Gasteiger partial charge on any atom is 0.264 e. The number of benzene rings is 4. The average molecular weight is 683 g/mol. The van der Waals surface area contributed by atoms with Crippen LogP contribution in [0.5, 0.6) is 5.75 Å². The van der Waals surface area contributed by atoms with Gasteiger partial charge in [0.15, 0.2) is 0 Å². The summed E-state index contributed by atoms with van der Waals surface area (Å²) in [6, 6.07) is 27.7. The first-order chi connectivity index (χ1) is 22.0. The van der Waals surface area contributed by atoms with Crippen molar-refractivity contribution in [3.8, 4) is 5.75 Å². The van der Waals surface area contributed by atoms with Gasteiger partial charge in [0.25, 0.3) is 10.0 Å². The molecule has 0 spiro atoms. The van der Waals surface area contributed by atoms with E-state index in [-0.39, 0.29) is 46.1 Å². The van der Waals surface area contributed by atoms with Crippen LogP contribution in [0.1, 0.15) is 25.0 Å². The minimum atomic E-state index is -4.31. The van der Waals surface area contributed by atoms with E-state index in [2.05, 4.69) is 5.32 Å². The van der Waals surface area contributed by atoms with Gasteiger partial charge in [0, 0.05) is 29.6 Å². The number of hydrogen-bond acceptors (Lipinski definition) is 5. The van der Waals surface area contributed by atoms with E-state index in [1.165, 1.54) is 30.2 Å². The van der Waals surface area contributed by atoms with E-state index < -0.39 is 28.5 Å². The zero-order valence-corrected chi connectivity index (χ0v) is 28.2. The van der Waals surface area contributed by atoms with Crippen molar-refractivity contribution in [3.05, 3.63) is 124 Å². The van der Waals surface area contributed by atoms with Gasteiger partial charge in [-0.1, -0.05) is 97.7 Å². The molecule has 0 radical (unpaired) electrons. The SMILES string of the molecule is COc1ccc(Cl)cc1N(CC(=O)N(Cc1ccc(Cl)cc1)[C@H](Cc1ccccc1)C(=O)NCC(C)C)S(=O)(=O)c1ccccc1. The zero-order valence-electron chi connectivity index (χ0n) is 25.9. The van der Waals surface area contributed by atoms with Crippen LogP contribution in [0, 0.1) is 5.92 Å². The van der Waals surface area contributed by atoms with Gasteiger partial charge in [0.05, 0.1) is 17.7 Å². The second-order valence-electron chi connectivity index (χ2n) is 11.1. The highest BCUT2D eigenvalue weighted by molar-refractivity contribution is 7.92. The van der Waals surface area contributed by atoms with Gasteiger partial charge in [-0.25, -0.2) is 8.42 Å². The van der Waals surface area contributed by atoms with Crippen LogP contribution in [-0.2, 0) is 32.6 Å². The number of amides is 2. The van der Waals surface area contributed by atoms with Crippen LogP contribution < -0.4 is 14.4 Å². The molecule has 4 aromatic carbocycles. The van der Waals surface area contributed by atoms with Gasteiger partial charge in [-0.15, -0.1) is 0 Å². The van der Waals surface area contributed by atoms with Gasteiger partial charge in [0.1, 0.15) is 18.3 Å². The number of nitrogens with zero attached hydrogens (tertiary/aromatic N) is 2. The summed E-state index contributed by atoms with van der Waals surface area (Å²) in [7, 11) is -2.90. The summed E-state index contributed by atoms with van der Waals surface area (Å²) in [6.45, 7) is 3.75. The quantitative estimate of drug-likeness (QED) is 0.162. The number of carbonyl (C=O) groups is 2. The van der Waals surface area contributed by atoms with Gasteiger partial charge < -0.3 is 15.0 Å². The van der Waals surface area contributed by atoms with Crippen molar-refractivity contribution >= 4 is 50.7 Å². The van der Waals surface area contributed by atoms with Crippen molar-refractivity contribution in [1.82, 2.24) is 10.2 Å². The molecule has 0 aliphatic carbocycles. The van der Waals surface area contributed by atoms with Gasteiger partial charge in [-0.3, -0.25) is 13.9 Å². The fourth-order valence-corrected chi connectivity index (χ4v) is 6.58. The molecule has 0 aromatic heterocycles. The molecule has 8 nitrogen and oxygen atoms in total.